The molecule has 1 N–H and O–H groups in total. The first-order valence-electron chi connectivity index (χ1n) is 5.71. The fourth-order valence-corrected chi connectivity index (χ4v) is 1.72. The lowest BCUT2D eigenvalue weighted by Crippen LogP contribution is -1.98. The minimum absolute atomic E-state index is 0.136. The molecule has 0 aliphatic heterocycles. The van der Waals surface area contributed by atoms with Crippen molar-refractivity contribution < 1.29 is 14.2 Å². The summed E-state index contributed by atoms with van der Waals surface area (Å²) in [4.78, 5) is 0. The van der Waals surface area contributed by atoms with Crippen LogP contribution in [0.25, 0.3) is 0 Å². The SMILES string of the molecule is Cc1c(O)cccc1OCc1cc(F)cc(C#N)c1. The fraction of sp³-hybridized carbons (Fsp3) is 0.133. The molecule has 0 aromatic heterocycles. The highest BCUT2D eigenvalue weighted by atomic mass is 19.1. The second-order valence-electron chi connectivity index (χ2n) is 4.15. The van der Waals surface area contributed by atoms with Crippen molar-refractivity contribution in [3.05, 3.63) is 58.9 Å². The highest BCUT2D eigenvalue weighted by molar-refractivity contribution is 5.42. The molecular weight excluding hydrogens is 245 g/mol. The van der Waals surface area contributed by atoms with Crippen LogP contribution in [0.1, 0.15) is 16.7 Å². The first-order valence-corrected chi connectivity index (χ1v) is 5.71. The van der Waals surface area contributed by atoms with Crippen LogP contribution in [-0.2, 0) is 6.61 Å². The Morgan fingerprint density at radius 1 is 1.32 bits per heavy atom. The molecule has 19 heavy (non-hydrogen) atoms. The summed E-state index contributed by atoms with van der Waals surface area (Å²) in [7, 11) is 0. The molecular formula is C15H12FNO2. The Labute approximate surface area is 110 Å². The third-order valence-corrected chi connectivity index (χ3v) is 2.74. The number of aromatic hydroxyl groups is 1. The summed E-state index contributed by atoms with van der Waals surface area (Å²) >= 11 is 0. The lowest BCUT2D eigenvalue weighted by atomic mass is 10.1. The fourth-order valence-electron chi connectivity index (χ4n) is 1.72. The standard InChI is InChI=1S/C15H12FNO2/c1-10-14(18)3-2-4-15(10)19-9-12-5-11(8-17)6-13(16)7-12/h2-7,18H,9H2,1H3. The summed E-state index contributed by atoms with van der Waals surface area (Å²) in [5.74, 6) is 0.211. The Morgan fingerprint density at radius 3 is 2.84 bits per heavy atom. The van der Waals surface area contributed by atoms with Crippen LogP contribution in [0.15, 0.2) is 36.4 Å². The van der Waals surface area contributed by atoms with Gasteiger partial charge in [-0.2, -0.15) is 5.26 Å². The predicted octanol–water partition coefficient (Wildman–Crippen LogP) is 3.29. The maximum Gasteiger partial charge on any atom is 0.126 e. The van der Waals surface area contributed by atoms with E-state index in [0.29, 0.717) is 16.9 Å². The van der Waals surface area contributed by atoms with Crippen LogP contribution >= 0.6 is 0 Å². The average Bonchev–Trinajstić information content (AvgIpc) is 2.40. The molecule has 0 spiro atoms. The molecule has 0 aliphatic rings. The number of nitrogens with zero attached hydrogens (tertiary/aromatic N) is 1. The number of phenolic OH excluding ortho intramolecular Hbond substituents is 1. The van der Waals surface area contributed by atoms with Gasteiger partial charge in [0.1, 0.15) is 23.9 Å². The van der Waals surface area contributed by atoms with Crippen LogP contribution in [0, 0.1) is 24.1 Å². The van der Waals surface area contributed by atoms with Gasteiger partial charge in [0.15, 0.2) is 0 Å². The molecule has 4 heteroatoms. The number of hydrogen-bond donors (Lipinski definition) is 1. The van der Waals surface area contributed by atoms with Gasteiger partial charge in [-0.3, -0.25) is 0 Å². The minimum Gasteiger partial charge on any atom is -0.508 e. The van der Waals surface area contributed by atoms with Crippen molar-refractivity contribution in [1.82, 2.24) is 0 Å². The Morgan fingerprint density at radius 2 is 2.11 bits per heavy atom. The van der Waals surface area contributed by atoms with Gasteiger partial charge < -0.3 is 9.84 Å². The number of benzene rings is 2. The van der Waals surface area contributed by atoms with Crippen LogP contribution in [0.5, 0.6) is 11.5 Å². The van der Waals surface area contributed by atoms with Crippen molar-refractivity contribution in [2.24, 2.45) is 0 Å². The highest BCUT2D eigenvalue weighted by Gasteiger charge is 2.05. The maximum absolute atomic E-state index is 13.2. The Bertz CT molecular complexity index is 647. The van der Waals surface area contributed by atoms with Crippen LogP contribution in [0.4, 0.5) is 4.39 Å². The molecule has 0 saturated heterocycles. The van der Waals surface area contributed by atoms with Gasteiger partial charge in [-0.05, 0) is 42.8 Å². The van der Waals surface area contributed by atoms with Crippen LogP contribution in [-0.4, -0.2) is 5.11 Å². The third kappa shape index (κ3) is 3.02. The number of halogens is 1. The van der Waals surface area contributed by atoms with Crippen LogP contribution in [0.3, 0.4) is 0 Å². The van der Waals surface area contributed by atoms with Gasteiger partial charge in [0.2, 0.25) is 0 Å². The van der Waals surface area contributed by atoms with E-state index in [0.717, 1.165) is 0 Å². The van der Waals surface area contributed by atoms with E-state index in [4.69, 9.17) is 10.00 Å². The molecule has 0 radical (unpaired) electrons. The smallest absolute Gasteiger partial charge is 0.126 e. The number of nitriles is 1. The van der Waals surface area contributed by atoms with E-state index in [-0.39, 0.29) is 17.9 Å². The average molecular weight is 257 g/mol. The molecule has 0 unspecified atom stereocenters. The number of rotatable bonds is 3. The largest absolute Gasteiger partial charge is 0.508 e. The van der Waals surface area contributed by atoms with E-state index in [1.165, 1.54) is 12.1 Å². The minimum atomic E-state index is -0.467. The molecule has 2 aromatic rings. The predicted molar refractivity (Wildman–Crippen MR) is 68.3 cm³/mol. The molecule has 96 valence electrons. The summed E-state index contributed by atoms with van der Waals surface area (Å²) in [6.07, 6.45) is 0. The summed E-state index contributed by atoms with van der Waals surface area (Å²) in [6, 6.07) is 10.9. The summed E-state index contributed by atoms with van der Waals surface area (Å²) < 4.78 is 18.8. The lowest BCUT2D eigenvalue weighted by molar-refractivity contribution is 0.301. The first-order chi connectivity index (χ1) is 9.10. The van der Waals surface area contributed by atoms with Gasteiger partial charge in [0.25, 0.3) is 0 Å². The Hall–Kier alpha value is -2.54. The normalized spacial score (nSPS) is 9.95. The zero-order chi connectivity index (χ0) is 13.8. The van der Waals surface area contributed by atoms with E-state index in [2.05, 4.69) is 0 Å². The topological polar surface area (TPSA) is 53.2 Å². The van der Waals surface area contributed by atoms with E-state index in [1.54, 1.807) is 31.2 Å². The van der Waals surface area contributed by atoms with E-state index in [9.17, 15) is 9.50 Å². The van der Waals surface area contributed by atoms with Gasteiger partial charge in [-0.15, -0.1) is 0 Å². The lowest BCUT2D eigenvalue weighted by Gasteiger charge is -2.10. The van der Waals surface area contributed by atoms with Crippen molar-refractivity contribution >= 4 is 0 Å². The van der Waals surface area contributed by atoms with Crippen molar-refractivity contribution in [1.29, 1.82) is 5.26 Å². The number of hydrogen-bond acceptors (Lipinski definition) is 3. The van der Waals surface area contributed by atoms with Crippen LogP contribution < -0.4 is 4.74 Å². The van der Waals surface area contributed by atoms with Crippen molar-refractivity contribution in [2.75, 3.05) is 0 Å². The molecule has 2 rings (SSSR count). The molecule has 0 saturated carbocycles. The number of phenols is 1. The molecule has 0 atom stereocenters. The Balaban J connectivity index is 2.17. The molecule has 0 bridgehead atoms. The third-order valence-electron chi connectivity index (χ3n) is 2.74. The molecule has 0 fully saturated rings. The van der Waals surface area contributed by atoms with Crippen molar-refractivity contribution in [3.8, 4) is 17.6 Å². The van der Waals surface area contributed by atoms with Gasteiger partial charge in [0, 0.05) is 5.56 Å². The first kappa shape index (κ1) is 12.9. The zero-order valence-electron chi connectivity index (χ0n) is 10.4. The monoisotopic (exact) mass is 257 g/mol. The summed E-state index contributed by atoms with van der Waals surface area (Å²) in [5.41, 5.74) is 1.45. The summed E-state index contributed by atoms with van der Waals surface area (Å²) in [6.45, 7) is 1.87. The van der Waals surface area contributed by atoms with Gasteiger partial charge in [-0.1, -0.05) is 6.07 Å². The Kier molecular flexibility index (Phi) is 3.67. The molecule has 0 amide bonds. The van der Waals surface area contributed by atoms with Gasteiger partial charge in [-0.25, -0.2) is 4.39 Å². The van der Waals surface area contributed by atoms with E-state index in [1.807, 2.05) is 6.07 Å². The summed E-state index contributed by atoms with van der Waals surface area (Å²) in [5, 5.41) is 18.3. The van der Waals surface area contributed by atoms with Crippen molar-refractivity contribution in [2.45, 2.75) is 13.5 Å². The van der Waals surface area contributed by atoms with Crippen molar-refractivity contribution in [3.63, 3.8) is 0 Å². The van der Waals surface area contributed by atoms with E-state index >= 15 is 0 Å². The van der Waals surface area contributed by atoms with Crippen LogP contribution in [0.2, 0.25) is 0 Å². The molecule has 2 aromatic carbocycles. The van der Waals surface area contributed by atoms with E-state index < -0.39 is 5.82 Å². The number of ether oxygens (including phenoxy) is 1. The zero-order valence-corrected chi connectivity index (χ0v) is 10.4. The maximum atomic E-state index is 13.2. The highest BCUT2D eigenvalue weighted by Crippen LogP contribution is 2.26. The quantitative estimate of drug-likeness (QED) is 0.917. The molecule has 0 heterocycles. The molecule has 0 aliphatic carbocycles. The molecule has 3 nitrogen and oxygen atoms in total. The second-order valence-corrected chi connectivity index (χ2v) is 4.15. The van der Waals surface area contributed by atoms with Gasteiger partial charge >= 0.3 is 0 Å². The second kappa shape index (κ2) is 5.40. The van der Waals surface area contributed by atoms with Gasteiger partial charge in [0.05, 0.1) is 11.6 Å².